The van der Waals surface area contributed by atoms with E-state index in [1.54, 1.807) is 7.05 Å². The molecule has 2 atom stereocenters. The van der Waals surface area contributed by atoms with Crippen LogP contribution in [0.15, 0.2) is 9.59 Å². The van der Waals surface area contributed by atoms with Crippen molar-refractivity contribution in [2.75, 3.05) is 18.0 Å². The van der Waals surface area contributed by atoms with Crippen LogP contribution in [0.4, 0.5) is 5.82 Å². The summed E-state index contributed by atoms with van der Waals surface area (Å²) in [6.45, 7) is 6.00. The number of aryl methyl sites for hydroxylation is 1. The summed E-state index contributed by atoms with van der Waals surface area (Å²) >= 11 is 0. The molecule has 1 aromatic heterocycles. The molecule has 0 saturated carbocycles. The van der Waals surface area contributed by atoms with E-state index < -0.39 is 0 Å². The highest BCUT2D eigenvalue weighted by atomic mass is 16.2. The van der Waals surface area contributed by atoms with Crippen molar-refractivity contribution >= 4 is 5.82 Å². The van der Waals surface area contributed by atoms with E-state index in [4.69, 9.17) is 0 Å². The van der Waals surface area contributed by atoms with Gasteiger partial charge >= 0.3 is 5.69 Å². The number of rotatable bonds is 1. The maximum atomic E-state index is 12.1. The van der Waals surface area contributed by atoms with Crippen LogP contribution in [0.3, 0.4) is 0 Å². The molecule has 2 rings (SSSR count). The number of aromatic nitrogens is 3. The van der Waals surface area contributed by atoms with Crippen LogP contribution >= 0.6 is 0 Å². The van der Waals surface area contributed by atoms with E-state index >= 15 is 0 Å². The lowest BCUT2D eigenvalue weighted by molar-refractivity contribution is 0.352. The first-order valence-electron chi connectivity index (χ1n) is 6.29. The lowest BCUT2D eigenvalue weighted by atomic mass is 9.92. The Morgan fingerprint density at radius 2 is 1.67 bits per heavy atom. The van der Waals surface area contributed by atoms with E-state index in [0.29, 0.717) is 17.7 Å². The number of hydrogen-bond acceptors (Lipinski definition) is 4. The van der Waals surface area contributed by atoms with Gasteiger partial charge in [-0.25, -0.2) is 9.48 Å². The smallest absolute Gasteiger partial charge is 0.346 e. The Kier molecular flexibility index (Phi) is 3.28. The normalized spacial score (nSPS) is 24.3. The third-order valence-corrected chi connectivity index (χ3v) is 3.47. The molecule has 1 aliphatic rings. The number of anilines is 1. The van der Waals surface area contributed by atoms with Crippen molar-refractivity contribution in [3.8, 4) is 0 Å². The molecule has 1 saturated heterocycles. The van der Waals surface area contributed by atoms with Gasteiger partial charge in [0.25, 0.3) is 5.56 Å². The largest absolute Gasteiger partial charge is 0.350 e. The van der Waals surface area contributed by atoms with Crippen LogP contribution in [0.2, 0.25) is 0 Å². The van der Waals surface area contributed by atoms with Crippen LogP contribution in [0.1, 0.15) is 20.3 Å². The van der Waals surface area contributed by atoms with E-state index in [2.05, 4.69) is 18.9 Å². The summed E-state index contributed by atoms with van der Waals surface area (Å²) in [6.07, 6.45) is 1.17. The molecule has 1 fully saturated rings. The van der Waals surface area contributed by atoms with E-state index in [1.807, 2.05) is 4.90 Å². The van der Waals surface area contributed by atoms with Crippen molar-refractivity contribution in [1.29, 1.82) is 0 Å². The molecule has 2 unspecified atom stereocenters. The van der Waals surface area contributed by atoms with Gasteiger partial charge in [0.15, 0.2) is 0 Å². The summed E-state index contributed by atoms with van der Waals surface area (Å²) in [7, 11) is 3.06. The van der Waals surface area contributed by atoms with Crippen LogP contribution < -0.4 is 16.1 Å². The second kappa shape index (κ2) is 4.59. The molecule has 0 aromatic carbocycles. The van der Waals surface area contributed by atoms with Gasteiger partial charge in [0.1, 0.15) is 0 Å². The van der Waals surface area contributed by atoms with Gasteiger partial charge in [0.2, 0.25) is 5.82 Å². The highest BCUT2D eigenvalue weighted by Gasteiger charge is 2.25. The summed E-state index contributed by atoms with van der Waals surface area (Å²) in [6, 6.07) is 0. The fraction of sp³-hybridized carbons (Fsp3) is 0.750. The Hall–Kier alpha value is -1.59. The first-order valence-corrected chi connectivity index (χ1v) is 6.29. The fourth-order valence-corrected chi connectivity index (χ4v) is 2.72. The molecular formula is C12H20N4O2. The van der Waals surface area contributed by atoms with E-state index in [9.17, 15) is 9.59 Å². The SMILES string of the molecule is CC1CC(C)CN(c2nn(C)c(=O)n(C)c2=O)C1. The molecule has 0 bridgehead atoms. The minimum Gasteiger partial charge on any atom is -0.350 e. The van der Waals surface area contributed by atoms with Crippen molar-refractivity contribution in [1.82, 2.24) is 14.3 Å². The summed E-state index contributed by atoms with van der Waals surface area (Å²) < 4.78 is 2.34. The average Bonchev–Trinajstić information content (AvgIpc) is 2.30. The fourth-order valence-electron chi connectivity index (χ4n) is 2.72. The minimum atomic E-state index is -0.387. The maximum absolute atomic E-state index is 12.1. The zero-order valence-corrected chi connectivity index (χ0v) is 11.4. The molecule has 100 valence electrons. The standard InChI is InChI=1S/C12H20N4O2/c1-8-5-9(2)7-16(6-8)10-11(17)14(3)12(18)15(4)13-10/h8-9H,5-7H2,1-4H3. The number of nitrogens with zero attached hydrogens (tertiary/aromatic N) is 4. The minimum absolute atomic E-state index is 0.306. The maximum Gasteiger partial charge on any atom is 0.346 e. The van der Waals surface area contributed by atoms with E-state index in [0.717, 1.165) is 17.7 Å². The predicted octanol–water partition coefficient (Wildman–Crippen LogP) is -0.0387. The lowest BCUT2D eigenvalue weighted by Crippen LogP contribution is -2.47. The first-order chi connectivity index (χ1) is 8.40. The number of hydrogen-bond donors (Lipinski definition) is 0. The second-order valence-electron chi connectivity index (χ2n) is 5.44. The topological polar surface area (TPSA) is 60.1 Å². The summed E-state index contributed by atoms with van der Waals surface area (Å²) in [5.41, 5.74) is -0.693. The van der Waals surface area contributed by atoms with Crippen molar-refractivity contribution in [3.63, 3.8) is 0 Å². The Balaban J connectivity index is 2.45. The molecular weight excluding hydrogens is 232 g/mol. The average molecular weight is 252 g/mol. The Morgan fingerprint density at radius 1 is 1.11 bits per heavy atom. The monoisotopic (exact) mass is 252 g/mol. The molecule has 1 aliphatic heterocycles. The summed E-state index contributed by atoms with van der Waals surface area (Å²) in [5, 5.41) is 4.12. The summed E-state index contributed by atoms with van der Waals surface area (Å²) in [4.78, 5) is 25.7. The van der Waals surface area contributed by atoms with Gasteiger partial charge in [-0.1, -0.05) is 13.8 Å². The van der Waals surface area contributed by atoms with Crippen molar-refractivity contribution < 1.29 is 0 Å². The van der Waals surface area contributed by atoms with Crippen LogP contribution in [0.25, 0.3) is 0 Å². The van der Waals surface area contributed by atoms with E-state index in [-0.39, 0.29) is 11.2 Å². The first kappa shape index (κ1) is 12.9. The highest BCUT2D eigenvalue weighted by Crippen LogP contribution is 2.22. The van der Waals surface area contributed by atoms with Crippen molar-refractivity contribution in [2.24, 2.45) is 25.9 Å². The summed E-state index contributed by atoms with van der Waals surface area (Å²) in [5.74, 6) is 1.47. The highest BCUT2D eigenvalue weighted by molar-refractivity contribution is 5.35. The van der Waals surface area contributed by atoms with Gasteiger partial charge in [-0.05, 0) is 18.3 Å². The number of piperidine rings is 1. The van der Waals surface area contributed by atoms with Gasteiger partial charge in [-0.3, -0.25) is 9.36 Å². The van der Waals surface area contributed by atoms with E-state index in [1.165, 1.54) is 18.2 Å². The van der Waals surface area contributed by atoms with Crippen LogP contribution in [-0.4, -0.2) is 27.4 Å². The zero-order chi connectivity index (χ0) is 13.4. The zero-order valence-electron chi connectivity index (χ0n) is 11.4. The molecule has 0 radical (unpaired) electrons. The molecule has 6 heteroatoms. The second-order valence-corrected chi connectivity index (χ2v) is 5.44. The molecule has 0 aliphatic carbocycles. The van der Waals surface area contributed by atoms with Gasteiger partial charge < -0.3 is 4.90 Å². The third kappa shape index (κ3) is 2.19. The molecule has 0 spiro atoms. The van der Waals surface area contributed by atoms with Crippen molar-refractivity contribution in [3.05, 3.63) is 20.8 Å². The van der Waals surface area contributed by atoms with Crippen LogP contribution in [0.5, 0.6) is 0 Å². The predicted molar refractivity (Wildman–Crippen MR) is 69.9 cm³/mol. The molecule has 1 aromatic rings. The molecule has 0 N–H and O–H groups in total. The Morgan fingerprint density at radius 3 is 2.22 bits per heavy atom. The lowest BCUT2D eigenvalue weighted by Gasteiger charge is -2.35. The van der Waals surface area contributed by atoms with Crippen molar-refractivity contribution in [2.45, 2.75) is 20.3 Å². The molecule has 18 heavy (non-hydrogen) atoms. The van der Waals surface area contributed by atoms with Gasteiger partial charge in [0.05, 0.1) is 0 Å². The molecule has 6 nitrogen and oxygen atoms in total. The quantitative estimate of drug-likeness (QED) is 0.704. The Bertz CT molecular complexity index is 550. The Labute approximate surface area is 106 Å². The van der Waals surface area contributed by atoms with Gasteiger partial charge in [-0.15, -0.1) is 5.10 Å². The molecule has 2 heterocycles. The van der Waals surface area contributed by atoms with Gasteiger partial charge in [-0.2, -0.15) is 0 Å². The van der Waals surface area contributed by atoms with Gasteiger partial charge in [0, 0.05) is 27.2 Å². The molecule has 0 amide bonds. The van der Waals surface area contributed by atoms with Crippen LogP contribution in [0, 0.1) is 11.8 Å². The third-order valence-electron chi connectivity index (χ3n) is 3.47. The van der Waals surface area contributed by atoms with Crippen LogP contribution in [-0.2, 0) is 14.1 Å².